The van der Waals surface area contributed by atoms with Crippen molar-refractivity contribution in [2.24, 2.45) is 0 Å². The molecular weight excluding hydrogens is 488 g/mol. The van der Waals surface area contributed by atoms with E-state index in [1.807, 2.05) is 24.4 Å². The molecule has 40 heavy (non-hydrogen) atoms. The van der Waals surface area contributed by atoms with Gasteiger partial charge in [-0.3, -0.25) is 4.98 Å². The highest BCUT2D eigenvalue weighted by Crippen LogP contribution is 2.52. The smallest absolute Gasteiger partial charge is 0.143 e. The van der Waals surface area contributed by atoms with Gasteiger partial charge in [-0.1, -0.05) is 79.7 Å². The van der Waals surface area contributed by atoms with Gasteiger partial charge in [0.2, 0.25) is 0 Å². The maximum atomic E-state index is 7.04. The van der Waals surface area contributed by atoms with E-state index in [0.29, 0.717) is 5.69 Å². The van der Waals surface area contributed by atoms with Gasteiger partial charge in [0, 0.05) is 22.6 Å². The Morgan fingerprint density at radius 3 is 2.50 bits per heavy atom. The van der Waals surface area contributed by atoms with Crippen LogP contribution < -0.4 is 10.5 Å². The Morgan fingerprint density at radius 2 is 1.65 bits per heavy atom. The zero-order valence-corrected chi connectivity index (χ0v) is 23.2. The first-order chi connectivity index (χ1) is 19.6. The van der Waals surface area contributed by atoms with Crippen molar-refractivity contribution in [2.75, 3.05) is 5.73 Å². The number of ether oxygens (including phenoxy) is 1. The molecule has 2 N–H and O–H groups in total. The summed E-state index contributed by atoms with van der Waals surface area (Å²) in [7, 11) is 0. The van der Waals surface area contributed by atoms with Crippen molar-refractivity contribution in [3.05, 3.63) is 126 Å². The van der Waals surface area contributed by atoms with Crippen LogP contribution in [-0.4, -0.2) is 4.98 Å². The number of nitrogens with two attached hydrogens (primary N) is 1. The maximum Gasteiger partial charge on any atom is 0.143 e. The molecule has 0 amide bonds. The van der Waals surface area contributed by atoms with E-state index in [9.17, 15) is 0 Å². The van der Waals surface area contributed by atoms with Gasteiger partial charge in [0.05, 0.1) is 11.2 Å². The number of fused-ring (bicyclic) bond motifs is 6. The minimum atomic E-state index is -0.239. The van der Waals surface area contributed by atoms with Gasteiger partial charge in [0.25, 0.3) is 0 Å². The predicted molar refractivity (Wildman–Crippen MR) is 167 cm³/mol. The summed E-state index contributed by atoms with van der Waals surface area (Å²) in [5.74, 6) is 0.732. The van der Waals surface area contributed by atoms with Gasteiger partial charge in [-0.05, 0) is 95.1 Å². The third-order valence-corrected chi connectivity index (χ3v) is 9.08. The van der Waals surface area contributed by atoms with E-state index in [-0.39, 0.29) is 11.5 Å². The number of benzene rings is 5. The fourth-order valence-corrected chi connectivity index (χ4v) is 7.06. The van der Waals surface area contributed by atoms with Crippen LogP contribution in [0.15, 0.2) is 103 Å². The number of aryl methyl sites for hydroxylation is 2. The summed E-state index contributed by atoms with van der Waals surface area (Å²) < 4.78 is 7.04. The fraction of sp³-hybridized carbons (Fsp3) is 0.216. The molecule has 5 aromatic carbocycles. The minimum Gasteiger partial charge on any atom is -0.483 e. The minimum absolute atomic E-state index is 0.227. The van der Waals surface area contributed by atoms with Crippen molar-refractivity contribution >= 4 is 38.1 Å². The highest BCUT2D eigenvalue weighted by Gasteiger charge is 2.45. The van der Waals surface area contributed by atoms with Crippen LogP contribution in [0.1, 0.15) is 54.5 Å². The Morgan fingerprint density at radius 1 is 0.850 bits per heavy atom. The standard InChI is InChI=1S/C37H34N2O/c1-3-37(20-8-12-31-30-16-15-25-9-4-6-11-28(25)29(30)17-18-32(31)37)36(40-35-19-14-24(2)21-33(35)38)27-22-26-10-5-7-13-34(26)39-23-27/h4-7,9-11,13-19,21-23,36H,3,8,12,20,38H2,1-2H3. The first kappa shape index (κ1) is 24.7. The van der Waals surface area contributed by atoms with Crippen LogP contribution in [0, 0.1) is 6.92 Å². The summed E-state index contributed by atoms with van der Waals surface area (Å²) in [4.78, 5) is 4.87. The third-order valence-electron chi connectivity index (χ3n) is 9.08. The zero-order chi connectivity index (χ0) is 27.3. The van der Waals surface area contributed by atoms with E-state index >= 15 is 0 Å². The Labute approximate surface area is 235 Å². The lowest BCUT2D eigenvalue weighted by Gasteiger charge is -2.45. The molecule has 1 aromatic heterocycles. The monoisotopic (exact) mass is 522 g/mol. The second-order valence-electron chi connectivity index (χ2n) is 11.3. The van der Waals surface area contributed by atoms with E-state index in [1.54, 1.807) is 0 Å². The van der Waals surface area contributed by atoms with Gasteiger partial charge in [0.15, 0.2) is 0 Å². The Balaban J connectivity index is 1.46. The highest BCUT2D eigenvalue weighted by atomic mass is 16.5. The van der Waals surface area contributed by atoms with Gasteiger partial charge < -0.3 is 10.5 Å². The second kappa shape index (κ2) is 9.67. The summed E-state index contributed by atoms with van der Waals surface area (Å²) in [6, 6.07) is 34.7. The lowest BCUT2D eigenvalue weighted by atomic mass is 9.63. The van der Waals surface area contributed by atoms with Crippen molar-refractivity contribution in [2.45, 2.75) is 51.0 Å². The number of nitrogens with zero attached hydrogens (tertiary/aromatic N) is 1. The molecule has 0 aliphatic heterocycles. The van der Waals surface area contributed by atoms with E-state index < -0.39 is 0 Å². The second-order valence-corrected chi connectivity index (χ2v) is 11.3. The molecule has 0 saturated heterocycles. The summed E-state index contributed by atoms with van der Waals surface area (Å²) >= 11 is 0. The van der Waals surface area contributed by atoms with Crippen molar-refractivity contribution in [1.29, 1.82) is 0 Å². The first-order valence-corrected chi connectivity index (χ1v) is 14.4. The predicted octanol–water partition coefficient (Wildman–Crippen LogP) is 9.24. The summed E-state index contributed by atoms with van der Waals surface area (Å²) in [5.41, 5.74) is 13.0. The fourth-order valence-electron chi connectivity index (χ4n) is 7.06. The van der Waals surface area contributed by atoms with Gasteiger partial charge in [-0.15, -0.1) is 0 Å². The lowest BCUT2D eigenvalue weighted by Crippen LogP contribution is -2.40. The van der Waals surface area contributed by atoms with Gasteiger partial charge in [-0.2, -0.15) is 0 Å². The number of aromatic nitrogens is 1. The Kier molecular flexibility index (Phi) is 5.96. The van der Waals surface area contributed by atoms with Crippen molar-refractivity contribution in [3.63, 3.8) is 0 Å². The molecular formula is C37H34N2O. The number of anilines is 1. The maximum absolute atomic E-state index is 7.04. The average molecular weight is 523 g/mol. The van der Waals surface area contributed by atoms with Crippen LogP contribution in [0.4, 0.5) is 5.69 Å². The van der Waals surface area contributed by atoms with Crippen molar-refractivity contribution < 1.29 is 4.74 Å². The van der Waals surface area contributed by atoms with E-state index in [0.717, 1.165) is 53.5 Å². The van der Waals surface area contributed by atoms with Gasteiger partial charge in [0.1, 0.15) is 11.9 Å². The van der Waals surface area contributed by atoms with Crippen LogP contribution in [0.3, 0.4) is 0 Å². The van der Waals surface area contributed by atoms with Crippen molar-refractivity contribution in [1.82, 2.24) is 4.98 Å². The third kappa shape index (κ3) is 3.92. The molecule has 7 rings (SSSR count). The van der Waals surface area contributed by atoms with E-state index in [4.69, 9.17) is 15.5 Å². The Bertz CT molecular complexity index is 1890. The molecule has 1 aliphatic rings. The summed E-state index contributed by atoms with van der Waals surface area (Å²) in [6.07, 6.45) is 5.94. The average Bonchev–Trinajstić information content (AvgIpc) is 3.00. The molecule has 0 radical (unpaired) electrons. The molecule has 0 fully saturated rings. The highest BCUT2D eigenvalue weighted by molar-refractivity contribution is 6.08. The van der Waals surface area contributed by atoms with Crippen molar-refractivity contribution in [3.8, 4) is 5.75 Å². The Hall–Kier alpha value is -4.37. The molecule has 0 spiro atoms. The van der Waals surface area contributed by atoms with E-state index in [2.05, 4.69) is 92.7 Å². The zero-order valence-electron chi connectivity index (χ0n) is 23.2. The van der Waals surface area contributed by atoms with Crippen LogP contribution in [0.5, 0.6) is 5.75 Å². The molecule has 198 valence electrons. The molecule has 2 unspecified atom stereocenters. The number of hydrogen-bond acceptors (Lipinski definition) is 3. The topological polar surface area (TPSA) is 48.1 Å². The molecule has 3 heteroatoms. The molecule has 1 heterocycles. The molecule has 6 aromatic rings. The van der Waals surface area contributed by atoms with E-state index in [1.165, 1.54) is 32.7 Å². The first-order valence-electron chi connectivity index (χ1n) is 14.4. The van der Waals surface area contributed by atoms with Crippen LogP contribution in [0.25, 0.3) is 32.4 Å². The quantitative estimate of drug-likeness (QED) is 0.181. The largest absolute Gasteiger partial charge is 0.483 e. The SMILES string of the molecule is CCC1(C(Oc2ccc(C)cc2N)c2cnc3ccccc3c2)CCCc2c1ccc1c2ccc2ccccc21. The molecule has 0 bridgehead atoms. The lowest BCUT2D eigenvalue weighted by molar-refractivity contribution is 0.0873. The number of hydrogen-bond donors (Lipinski definition) is 1. The number of rotatable bonds is 5. The van der Waals surface area contributed by atoms with Gasteiger partial charge in [-0.25, -0.2) is 0 Å². The molecule has 2 atom stereocenters. The summed E-state index contributed by atoms with van der Waals surface area (Å²) in [5, 5.41) is 6.41. The van der Waals surface area contributed by atoms with Gasteiger partial charge >= 0.3 is 0 Å². The number of pyridine rings is 1. The molecule has 0 saturated carbocycles. The molecule has 3 nitrogen and oxygen atoms in total. The number of para-hydroxylation sites is 1. The van der Waals surface area contributed by atoms with Crippen LogP contribution >= 0.6 is 0 Å². The summed E-state index contributed by atoms with van der Waals surface area (Å²) in [6.45, 7) is 4.37. The number of nitrogen functional groups attached to an aromatic ring is 1. The van der Waals surface area contributed by atoms with Crippen LogP contribution in [0.2, 0.25) is 0 Å². The molecule has 1 aliphatic carbocycles. The normalized spacial score (nSPS) is 17.6. The van der Waals surface area contributed by atoms with Crippen LogP contribution in [-0.2, 0) is 11.8 Å².